The van der Waals surface area contributed by atoms with Crippen molar-refractivity contribution in [2.75, 3.05) is 7.11 Å². The second-order valence-electron chi connectivity index (χ2n) is 5.68. The fourth-order valence-corrected chi connectivity index (χ4v) is 3.60. The number of ether oxygens (including phenoxy) is 1. The summed E-state index contributed by atoms with van der Waals surface area (Å²) in [6, 6.07) is 14.9. The molecule has 134 valence electrons. The van der Waals surface area contributed by atoms with Crippen molar-refractivity contribution in [3.63, 3.8) is 0 Å². The van der Waals surface area contributed by atoms with Gasteiger partial charge in [0.15, 0.2) is 5.82 Å². The first-order valence-electron chi connectivity index (χ1n) is 8.12. The largest absolute Gasteiger partial charge is 0.496 e. The summed E-state index contributed by atoms with van der Waals surface area (Å²) < 4.78 is 7.21. The Morgan fingerprint density at radius 1 is 1.15 bits per heavy atom. The molecular weight excluding hydrogens is 382 g/mol. The molecule has 0 spiro atoms. The molecule has 2 heterocycles. The van der Waals surface area contributed by atoms with Crippen LogP contribution in [0.3, 0.4) is 0 Å². The van der Waals surface area contributed by atoms with E-state index in [-0.39, 0.29) is 5.56 Å². The van der Waals surface area contributed by atoms with Crippen molar-refractivity contribution < 1.29 is 4.74 Å². The number of rotatable bonds is 4. The molecule has 0 saturated heterocycles. The first-order valence-corrected chi connectivity index (χ1v) is 9.32. The van der Waals surface area contributed by atoms with Crippen molar-refractivity contribution in [3.05, 3.63) is 80.1 Å². The van der Waals surface area contributed by atoms with Crippen molar-refractivity contribution in [1.82, 2.24) is 14.6 Å². The van der Waals surface area contributed by atoms with Crippen LogP contribution in [-0.2, 0) is 0 Å². The molecule has 0 fully saturated rings. The minimum absolute atomic E-state index is 0.188. The first-order chi connectivity index (χ1) is 13.2. The molecule has 0 amide bonds. The molecule has 0 aliphatic carbocycles. The van der Waals surface area contributed by atoms with Gasteiger partial charge in [0.2, 0.25) is 4.96 Å². The van der Waals surface area contributed by atoms with Crippen LogP contribution < -0.4 is 14.8 Å². The van der Waals surface area contributed by atoms with Crippen LogP contribution >= 0.6 is 22.9 Å². The van der Waals surface area contributed by atoms with Gasteiger partial charge in [-0.05, 0) is 36.4 Å². The summed E-state index contributed by atoms with van der Waals surface area (Å²) in [6.45, 7) is 0. The van der Waals surface area contributed by atoms with Crippen LogP contribution in [0.15, 0.2) is 59.4 Å². The SMILES string of the molecule is COc1ccccc1/C=C/C=c1\sc2nc(-c3ccc(Cl)cc3)nn2c1=O. The maximum Gasteiger partial charge on any atom is 0.291 e. The van der Waals surface area contributed by atoms with Crippen molar-refractivity contribution >= 4 is 40.1 Å². The van der Waals surface area contributed by atoms with Gasteiger partial charge in [0.25, 0.3) is 5.56 Å². The van der Waals surface area contributed by atoms with Gasteiger partial charge in [-0.3, -0.25) is 4.79 Å². The molecule has 0 N–H and O–H groups in total. The molecule has 0 saturated carbocycles. The third-order valence-corrected chi connectivity index (χ3v) is 5.18. The Morgan fingerprint density at radius 3 is 2.67 bits per heavy atom. The topological polar surface area (TPSA) is 56.5 Å². The molecule has 0 unspecified atom stereocenters. The molecule has 0 aliphatic heterocycles. The normalized spacial score (nSPS) is 12.3. The summed E-state index contributed by atoms with van der Waals surface area (Å²) >= 11 is 7.20. The monoisotopic (exact) mass is 395 g/mol. The van der Waals surface area contributed by atoms with Crippen LogP contribution in [0.2, 0.25) is 5.02 Å². The molecule has 0 atom stereocenters. The highest BCUT2D eigenvalue weighted by atomic mass is 35.5. The molecule has 2 aromatic carbocycles. The molecule has 7 heteroatoms. The zero-order chi connectivity index (χ0) is 18.8. The summed E-state index contributed by atoms with van der Waals surface area (Å²) in [7, 11) is 1.63. The Hall–Kier alpha value is -2.96. The molecule has 0 bridgehead atoms. The van der Waals surface area contributed by atoms with E-state index in [1.54, 1.807) is 25.3 Å². The maximum atomic E-state index is 12.6. The number of methoxy groups -OCH3 is 1. The zero-order valence-corrected chi connectivity index (χ0v) is 15.9. The predicted octanol–water partition coefficient (Wildman–Crippen LogP) is 3.69. The molecule has 4 aromatic rings. The fourth-order valence-electron chi connectivity index (χ4n) is 2.61. The number of halogens is 1. The Morgan fingerprint density at radius 2 is 1.93 bits per heavy atom. The minimum Gasteiger partial charge on any atom is -0.496 e. The number of para-hydroxylation sites is 1. The Balaban J connectivity index is 1.67. The van der Waals surface area contributed by atoms with Gasteiger partial charge in [0.1, 0.15) is 5.75 Å². The van der Waals surface area contributed by atoms with E-state index in [0.29, 0.717) is 20.3 Å². The summed E-state index contributed by atoms with van der Waals surface area (Å²) in [5.41, 5.74) is 1.57. The number of hydrogen-bond acceptors (Lipinski definition) is 5. The lowest BCUT2D eigenvalue weighted by molar-refractivity contribution is 0.414. The van der Waals surface area contributed by atoms with Crippen molar-refractivity contribution in [1.29, 1.82) is 0 Å². The van der Waals surface area contributed by atoms with E-state index in [4.69, 9.17) is 16.3 Å². The number of benzene rings is 2. The second-order valence-corrected chi connectivity index (χ2v) is 7.12. The first kappa shape index (κ1) is 17.5. The summed E-state index contributed by atoms with van der Waals surface area (Å²) in [5.74, 6) is 1.28. The van der Waals surface area contributed by atoms with Gasteiger partial charge < -0.3 is 4.74 Å². The molecule has 0 aliphatic rings. The fraction of sp³-hybridized carbons (Fsp3) is 0.0500. The lowest BCUT2D eigenvalue weighted by Gasteiger charge is -2.02. The Bertz CT molecular complexity index is 1240. The van der Waals surface area contributed by atoms with Gasteiger partial charge in [-0.25, -0.2) is 0 Å². The third-order valence-electron chi connectivity index (χ3n) is 3.95. The lowest BCUT2D eigenvalue weighted by Crippen LogP contribution is -2.23. The van der Waals surface area contributed by atoms with Crippen LogP contribution in [0.1, 0.15) is 5.56 Å². The summed E-state index contributed by atoms with van der Waals surface area (Å²) in [5, 5.41) is 4.96. The van der Waals surface area contributed by atoms with Crippen molar-refractivity contribution in [2.45, 2.75) is 0 Å². The molecule has 5 nitrogen and oxygen atoms in total. The number of thiazole rings is 1. The van der Waals surface area contributed by atoms with Crippen LogP contribution in [0.4, 0.5) is 0 Å². The van der Waals surface area contributed by atoms with E-state index in [1.807, 2.05) is 48.6 Å². The molecular formula is C20H14ClN3O2S. The lowest BCUT2D eigenvalue weighted by atomic mass is 10.2. The van der Waals surface area contributed by atoms with Gasteiger partial charge in [0, 0.05) is 16.1 Å². The minimum atomic E-state index is -0.188. The van der Waals surface area contributed by atoms with E-state index in [0.717, 1.165) is 16.9 Å². The second kappa shape index (κ2) is 7.34. The quantitative estimate of drug-likeness (QED) is 0.528. The van der Waals surface area contributed by atoms with Crippen LogP contribution in [0, 0.1) is 0 Å². The van der Waals surface area contributed by atoms with E-state index in [1.165, 1.54) is 15.9 Å². The maximum absolute atomic E-state index is 12.6. The van der Waals surface area contributed by atoms with Crippen LogP contribution in [0.25, 0.3) is 28.5 Å². The smallest absolute Gasteiger partial charge is 0.291 e. The molecule has 27 heavy (non-hydrogen) atoms. The third kappa shape index (κ3) is 3.49. The average molecular weight is 396 g/mol. The van der Waals surface area contributed by atoms with Crippen LogP contribution in [-0.4, -0.2) is 21.7 Å². The van der Waals surface area contributed by atoms with Gasteiger partial charge in [0.05, 0.1) is 11.6 Å². The van der Waals surface area contributed by atoms with Gasteiger partial charge in [-0.2, -0.15) is 9.50 Å². The number of allylic oxidation sites excluding steroid dienone is 1. The van der Waals surface area contributed by atoms with Gasteiger partial charge in [-0.15, -0.1) is 5.10 Å². The van der Waals surface area contributed by atoms with Crippen LogP contribution in [0.5, 0.6) is 5.75 Å². The highest BCUT2D eigenvalue weighted by Crippen LogP contribution is 2.20. The Labute approximate surface area is 163 Å². The van der Waals surface area contributed by atoms with E-state index < -0.39 is 0 Å². The van der Waals surface area contributed by atoms with Gasteiger partial charge in [-0.1, -0.05) is 53.3 Å². The van der Waals surface area contributed by atoms with E-state index in [2.05, 4.69) is 10.1 Å². The molecule has 4 rings (SSSR count). The summed E-state index contributed by atoms with van der Waals surface area (Å²) in [4.78, 5) is 17.6. The van der Waals surface area contributed by atoms with Gasteiger partial charge >= 0.3 is 0 Å². The number of hydrogen-bond donors (Lipinski definition) is 0. The Kier molecular flexibility index (Phi) is 4.75. The van der Waals surface area contributed by atoms with Crippen molar-refractivity contribution in [2.24, 2.45) is 0 Å². The van der Waals surface area contributed by atoms with Crippen molar-refractivity contribution in [3.8, 4) is 17.1 Å². The predicted molar refractivity (Wildman–Crippen MR) is 109 cm³/mol. The molecule has 0 radical (unpaired) electrons. The number of nitrogens with zero attached hydrogens (tertiary/aromatic N) is 3. The standard InChI is InChI=1S/C20H14ClN3O2S/c1-26-16-7-3-2-5-13(16)6-4-8-17-19(25)24-20(27-17)22-18(23-24)14-9-11-15(21)12-10-14/h2-12H,1H3/b6-4+,17-8-. The molecule has 2 aromatic heterocycles. The highest BCUT2D eigenvalue weighted by Gasteiger charge is 2.11. The summed E-state index contributed by atoms with van der Waals surface area (Å²) in [6.07, 6.45) is 5.48. The number of aromatic nitrogens is 3. The van der Waals surface area contributed by atoms with E-state index in [9.17, 15) is 4.79 Å². The zero-order valence-electron chi connectivity index (χ0n) is 14.3. The average Bonchev–Trinajstić information content (AvgIpc) is 3.22. The van der Waals surface area contributed by atoms with E-state index >= 15 is 0 Å². The highest BCUT2D eigenvalue weighted by molar-refractivity contribution is 7.15. The number of fused-ring (bicyclic) bond motifs is 1.